The molecule has 1 aromatic carbocycles. The fourth-order valence-electron chi connectivity index (χ4n) is 2.11. The van der Waals surface area contributed by atoms with Crippen molar-refractivity contribution >= 4 is 5.91 Å². The van der Waals surface area contributed by atoms with Gasteiger partial charge in [0.05, 0.1) is 0 Å². The van der Waals surface area contributed by atoms with E-state index in [2.05, 4.69) is 22.4 Å². The highest BCUT2D eigenvalue weighted by Gasteiger charge is 2.04. The predicted molar refractivity (Wildman–Crippen MR) is 83.7 cm³/mol. The Morgan fingerprint density at radius 1 is 1.09 bits per heavy atom. The molecule has 116 valence electrons. The Morgan fingerprint density at radius 3 is 2.59 bits per heavy atom. The summed E-state index contributed by atoms with van der Waals surface area (Å²) in [6, 6.07) is 11.4. The number of hydrogen-bond acceptors (Lipinski definition) is 3. The molecule has 6 nitrogen and oxygen atoms in total. The summed E-state index contributed by atoms with van der Waals surface area (Å²) in [5, 5.41) is 2.77. The minimum Gasteiger partial charge on any atom is -0.355 e. The van der Waals surface area contributed by atoms with Crippen LogP contribution in [0.2, 0.25) is 0 Å². The van der Waals surface area contributed by atoms with Crippen LogP contribution in [-0.2, 0) is 17.8 Å². The molecule has 22 heavy (non-hydrogen) atoms. The number of amides is 1. The standard InChI is InChI=1S/C16H19N3O3/c20-14-9-11-19(16(22)18-14)12-15(21)17-10-5-4-8-13-6-2-1-3-7-13/h1-3,6-7,9,11H,4-5,8,10,12H2,(H,17,21)(H,18,20,22). The number of aryl methyl sites for hydroxylation is 1. The lowest BCUT2D eigenvalue weighted by Crippen LogP contribution is -2.35. The van der Waals surface area contributed by atoms with Crippen molar-refractivity contribution < 1.29 is 4.79 Å². The van der Waals surface area contributed by atoms with Gasteiger partial charge in [-0.15, -0.1) is 0 Å². The lowest BCUT2D eigenvalue weighted by Gasteiger charge is -2.07. The van der Waals surface area contributed by atoms with Crippen molar-refractivity contribution in [1.82, 2.24) is 14.9 Å². The molecule has 2 aromatic rings. The fourth-order valence-corrected chi connectivity index (χ4v) is 2.11. The third-order valence-electron chi connectivity index (χ3n) is 3.27. The van der Waals surface area contributed by atoms with Crippen molar-refractivity contribution in [2.24, 2.45) is 0 Å². The maximum absolute atomic E-state index is 11.7. The van der Waals surface area contributed by atoms with E-state index >= 15 is 0 Å². The Bertz CT molecular complexity index is 719. The number of unbranched alkanes of at least 4 members (excludes halogenated alkanes) is 1. The van der Waals surface area contributed by atoms with Gasteiger partial charge in [0.15, 0.2) is 0 Å². The average Bonchev–Trinajstić information content (AvgIpc) is 2.51. The molecule has 1 heterocycles. The van der Waals surface area contributed by atoms with Crippen molar-refractivity contribution in [3.05, 3.63) is 69.0 Å². The number of carbonyl (C=O) groups is 1. The summed E-state index contributed by atoms with van der Waals surface area (Å²) in [6.45, 7) is 0.484. The Hall–Kier alpha value is -2.63. The first-order valence-corrected chi connectivity index (χ1v) is 7.25. The van der Waals surface area contributed by atoms with Crippen LogP contribution in [0.3, 0.4) is 0 Å². The highest BCUT2D eigenvalue weighted by Crippen LogP contribution is 2.03. The van der Waals surface area contributed by atoms with E-state index in [1.807, 2.05) is 18.2 Å². The lowest BCUT2D eigenvalue weighted by molar-refractivity contribution is -0.121. The summed E-state index contributed by atoms with van der Waals surface area (Å²) >= 11 is 0. The van der Waals surface area contributed by atoms with Crippen molar-refractivity contribution in [3.63, 3.8) is 0 Å². The molecule has 6 heteroatoms. The molecule has 1 amide bonds. The minimum atomic E-state index is -0.577. The second-order valence-electron chi connectivity index (χ2n) is 5.03. The SMILES string of the molecule is O=C(Cn1ccc(=O)[nH]c1=O)NCCCCc1ccccc1. The van der Waals surface area contributed by atoms with Crippen LogP contribution in [0.4, 0.5) is 0 Å². The number of aromatic nitrogens is 2. The fraction of sp³-hybridized carbons (Fsp3) is 0.312. The molecule has 0 radical (unpaired) electrons. The van der Waals surface area contributed by atoms with Gasteiger partial charge in [-0.05, 0) is 24.8 Å². The lowest BCUT2D eigenvalue weighted by atomic mass is 10.1. The van der Waals surface area contributed by atoms with Gasteiger partial charge in [0.2, 0.25) is 5.91 Å². The van der Waals surface area contributed by atoms with Gasteiger partial charge in [-0.25, -0.2) is 4.79 Å². The molecule has 1 aromatic heterocycles. The topological polar surface area (TPSA) is 84.0 Å². The molecule has 0 aliphatic heterocycles. The summed E-state index contributed by atoms with van der Waals surface area (Å²) in [6.07, 6.45) is 4.16. The molecule has 0 spiro atoms. The number of nitrogens with zero attached hydrogens (tertiary/aromatic N) is 1. The van der Waals surface area contributed by atoms with E-state index in [1.54, 1.807) is 0 Å². The van der Waals surface area contributed by atoms with E-state index in [1.165, 1.54) is 22.4 Å². The van der Waals surface area contributed by atoms with Crippen molar-refractivity contribution in [2.75, 3.05) is 6.54 Å². The highest BCUT2D eigenvalue weighted by molar-refractivity contribution is 5.75. The molecule has 0 aliphatic rings. The Balaban J connectivity index is 1.67. The first kappa shape index (κ1) is 15.8. The van der Waals surface area contributed by atoms with Gasteiger partial charge in [0.25, 0.3) is 5.56 Å². The Morgan fingerprint density at radius 2 is 1.86 bits per heavy atom. The van der Waals surface area contributed by atoms with Gasteiger partial charge >= 0.3 is 5.69 Å². The number of aromatic amines is 1. The third kappa shape index (κ3) is 5.05. The number of rotatable bonds is 7. The molecule has 0 atom stereocenters. The zero-order chi connectivity index (χ0) is 15.8. The van der Waals surface area contributed by atoms with Crippen molar-refractivity contribution in [3.8, 4) is 0 Å². The molecule has 0 aliphatic carbocycles. The van der Waals surface area contributed by atoms with Crippen LogP contribution >= 0.6 is 0 Å². The third-order valence-corrected chi connectivity index (χ3v) is 3.27. The molecular weight excluding hydrogens is 282 g/mol. The largest absolute Gasteiger partial charge is 0.355 e. The van der Waals surface area contributed by atoms with Crippen molar-refractivity contribution in [2.45, 2.75) is 25.8 Å². The number of benzene rings is 1. The maximum atomic E-state index is 11.7. The van der Waals surface area contributed by atoms with Crippen molar-refractivity contribution in [1.29, 1.82) is 0 Å². The molecule has 0 saturated carbocycles. The predicted octanol–water partition coefficient (Wildman–Crippen LogP) is 0.676. The Kier molecular flexibility index (Phi) is 5.71. The first-order valence-electron chi connectivity index (χ1n) is 7.25. The molecule has 0 unspecified atom stereocenters. The smallest absolute Gasteiger partial charge is 0.328 e. The molecule has 0 bridgehead atoms. The van der Waals surface area contributed by atoms with Gasteiger partial charge in [-0.3, -0.25) is 19.1 Å². The van der Waals surface area contributed by atoms with E-state index in [0.29, 0.717) is 6.54 Å². The van der Waals surface area contributed by atoms with Gasteiger partial charge < -0.3 is 5.32 Å². The maximum Gasteiger partial charge on any atom is 0.328 e. The van der Waals surface area contributed by atoms with E-state index < -0.39 is 11.2 Å². The zero-order valence-corrected chi connectivity index (χ0v) is 12.2. The van der Waals surface area contributed by atoms with Crippen LogP contribution < -0.4 is 16.6 Å². The van der Waals surface area contributed by atoms with Crippen LogP contribution in [0.5, 0.6) is 0 Å². The van der Waals surface area contributed by atoms with Gasteiger partial charge in [-0.1, -0.05) is 30.3 Å². The van der Waals surface area contributed by atoms with Crippen LogP contribution in [0, 0.1) is 0 Å². The number of carbonyl (C=O) groups excluding carboxylic acids is 1. The van der Waals surface area contributed by atoms with E-state index in [4.69, 9.17) is 0 Å². The first-order chi connectivity index (χ1) is 10.6. The highest BCUT2D eigenvalue weighted by atomic mass is 16.2. The van der Waals surface area contributed by atoms with Gasteiger partial charge in [0, 0.05) is 18.8 Å². The van der Waals surface area contributed by atoms with Gasteiger partial charge in [0.1, 0.15) is 6.54 Å². The van der Waals surface area contributed by atoms with E-state index in [9.17, 15) is 14.4 Å². The Labute approximate surface area is 127 Å². The molecule has 0 fully saturated rings. The zero-order valence-electron chi connectivity index (χ0n) is 12.2. The average molecular weight is 301 g/mol. The minimum absolute atomic E-state index is 0.0890. The summed E-state index contributed by atoms with van der Waals surface area (Å²) in [5.41, 5.74) is 0.239. The second kappa shape index (κ2) is 7.97. The second-order valence-corrected chi connectivity index (χ2v) is 5.03. The number of nitrogens with one attached hydrogen (secondary N) is 2. The van der Waals surface area contributed by atoms with Crippen LogP contribution in [0.1, 0.15) is 18.4 Å². The van der Waals surface area contributed by atoms with Gasteiger partial charge in [-0.2, -0.15) is 0 Å². The normalized spacial score (nSPS) is 10.4. The summed E-state index contributed by atoms with van der Waals surface area (Å²) in [7, 11) is 0. The summed E-state index contributed by atoms with van der Waals surface area (Å²) in [5.74, 6) is -0.242. The molecule has 0 saturated heterocycles. The molecule has 2 N–H and O–H groups in total. The van der Waals surface area contributed by atoms with E-state index in [0.717, 1.165) is 19.3 Å². The summed E-state index contributed by atoms with van der Waals surface area (Å²) in [4.78, 5) is 36.2. The molecule has 2 rings (SSSR count). The number of H-pyrrole nitrogens is 1. The monoisotopic (exact) mass is 301 g/mol. The number of hydrogen-bond donors (Lipinski definition) is 2. The van der Waals surface area contributed by atoms with E-state index in [-0.39, 0.29) is 12.5 Å². The van der Waals surface area contributed by atoms with Crippen LogP contribution in [-0.4, -0.2) is 22.0 Å². The van der Waals surface area contributed by atoms with Crippen LogP contribution in [0.15, 0.2) is 52.2 Å². The van der Waals surface area contributed by atoms with Crippen LogP contribution in [0.25, 0.3) is 0 Å². The summed E-state index contributed by atoms with van der Waals surface area (Å²) < 4.78 is 1.17. The molecular formula is C16H19N3O3. The quantitative estimate of drug-likeness (QED) is 0.737.